The first-order valence-electron chi connectivity index (χ1n) is 7.57. The van der Waals surface area contributed by atoms with Gasteiger partial charge in [-0.2, -0.15) is 0 Å². The molecule has 1 aromatic rings. The fraction of sp³-hybridized carbons (Fsp3) is 0.800. The average molecular weight is 265 g/mol. The molecule has 1 aliphatic heterocycles. The Morgan fingerprint density at radius 1 is 1.53 bits per heavy atom. The minimum atomic E-state index is 0.444. The topological polar surface area (TPSA) is 41.3 Å². The summed E-state index contributed by atoms with van der Waals surface area (Å²) >= 11 is 0. The number of aromatic nitrogens is 1. The first-order chi connectivity index (χ1) is 9.22. The molecule has 4 heteroatoms. The summed E-state index contributed by atoms with van der Waals surface area (Å²) in [4.78, 5) is 7.19. The van der Waals surface area contributed by atoms with E-state index in [1.165, 1.54) is 25.8 Å². The molecule has 1 saturated heterocycles. The van der Waals surface area contributed by atoms with E-state index in [4.69, 9.17) is 4.42 Å². The molecule has 0 aromatic carbocycles. The molecule has 0 aliphatic carbocycles. The number of nitrogens with zero attached hydrogens (tertiary/aromatic N) is 2. The number of nitrogens with one attached hydrogen (secondary N) is 1. The van der Waals surface area contributed by atoms with Gasteiger partial charge in [0.15, 0.2) is 5.89 Å². The molecule has 4 nitrogen and oxygen atoms in total. The van der Waals surface area contributed by atoms with Crippen LogP contribution in [0.25, 0.3) is 0 Å². The number of likely N-dealkylation sites (tertiary alicyclic amines) is 1. The van der Waals surface area contributed by atoms with Gasteiger partial charge in [-0.15, -0.1) is 0 Å². The van der Waals surface area contributed by atoms with E-state index in [0.29, 0.717) is 12.1 Å². The summed E-state index contributed by atoms with van der Waals surface area (Å²) in [6.45, 7) is 6.77. The molecule has 0 amide bonds. The fourth-order valence-corrected chi connectivity index (χ4v) is 2.86. The summed E-state index contributed by atoms with van der Waals surface area (Å²) in [5.74, 6) is 0.906. The average Bonchev–Trinajstić information content (AvgIpc) is 2.86. The molecule has 2 rings (SSSR count). The predicted molar refractivity (Wildman–Crippen MR) is 77.3 cm³/mol. The number of piperidine rings is 1. The molecular weight excluding hydrogens is 238 g/mol. The zero-order valence-corrected chi connectivity index (χ0v) is 12.5. The number of hydrogen-bond acceptors (Lipinski definition) is 4. The lowest BCUT2D eigenvalue weighted by molar-refractivity contribution is 0.149. The van der Waals surface area contributed by atoms with Gasteiger partial charge in [-0.05, 0) is 39.9 Å². The smallest absolute Gasteiger partial charge is 0.195 e. The van der Waals surface area contributed by atoms with E-state index in [0.717, 1.165) is 31.0 Å². The number of oxazole rings is 1. The van der Waals surface area contributed by atoms with Crippen molar-refractivity contribution in [3.63, 3.8) is 0 Å². The molecule has 0 saturated carbocycles. The fourth-order valence-electron chi connectivity index (χ4n) is 2.86. The molecule has 0 radical (unpaired) electrons. The molecule has 2 atom stereocenters. The van der Waals surface area contributed by atoms with Gasteiger partial charge >= 0.3 is 0 Å². The maximum absolute atomic E-state index is 5.64. The van der Waals surface area contributed by atoms with E-state index < -0.39 is 0 Å². The lowest BCUT2D eigenvalue weighted by atomic mass is 9.99. The van der Waals surface area contributed by atoms with E-state index >= 15 is 0 Å². The highest BCUT2D eigenvalue weighted by Gasteiger charge is 2.23. The van der Waals surface area contributed by atoms with Crippen LogP contribution in [0.1, 0.15) is 44.7 Å². The van der Waals surface area contributed by atoms with E-state index in [1.54, 1.807) is 0 Å². The number of rotatable bonds is 6. The second-order valence-electron chi connectivity index (χ2n) is 5.61. The van der Waals surface area contributed by atoms with Crippen LogP contribution in [0.15, 0.2) is 10.7 Å². The third-order valence-corrected chi connectivity index (χ3v) is 4.17. The standard InChI is InChI=1S/C15H27N3O/c1-4-18-8-6-5-7-14(18)10-15-17-13(11-19-15)9-12(2)16-3/h11-12,14,16H,4-10H2,1-3H3. The molecule has 0 spiro atoms. The maximum atomic E-state index is 5.64. The highest BCUT2D eigenvalue weighted by atomic mass is 16.3. The molecule has 2 unspecified atom stereocenters. The van der Waals surface area contributed by atoms with Crippen LogP contribution < -0.4 is 5.32 Å². The van der Waals surface area contributed by atoms with E-state index in [9.17, 15) is 0 Å². The lowest BCUT2D eigenvalue weighted by Gasteiger charge is -2.34. The highest BCUT2D eigenvalue weighted by Crippen LogP contribution is 2.20. The van der Waals surface area contributed by atoms with E-state index in [-0.39, 0.29) is 0 Å². The molecule has 19 heavy (non-hydrogen) atoms. The number of likely N-dealkylation sites (N-methyl/N-ethyl adjacent to an activating group) is 2. The molecule has 108 valence electrons. The van der Waals surface area contributed by atoms with Crippen molar-refractivity contribution in [2.75, 3.05) is 20.1 Å². The normalized spacial score (nSPS) is 22.6. The second kappa shape index (κ2) is 7.06. The van der Waals surface area contributed by atoms with Crippen molar-refractivity contribution < 1.29 is 4.42 Å². The Kier molecular flexibility index (Phi) is 5.40. The van der Waals surface area contributed by atoms with Crippen molar-refractivity contribution in [1.82, 2.24) is 15.2 Å². The van der Waals surface area contributed by atoms with Crippen LogP contribution in [-0.4, -0.2) is 42.1 Å². The first kappa shape index (κ1) is 14.5. The van der Waals surface area contributed by atoms with Crippen LogP contribution in [0.4, 0.5) is 0 Å². The Labute approximate surface area is 116 Å². The second-order valence-corrected chi connectivity index (χ2v) is 5.61. The van der Waals surface area contributed by atoms with Gasteiger partial charge in [-0.1, -0.05) is 13.3 Å². The van der Waals surface area contributed by atoms with Gasteiger partial charge in [0.05, 0.1) is 5.69 Å². The molecule has 2 heterocycles. The Hall–Kier alpha value is -0.870. The Morgan fingerprint density at radius 3 is 3.11 bits per heavy atom. The molecule has 0 bridgehead atoms. The summed E-state index contributed by atoms with van der Waals surface area (Å²) in [6.07, 6.45) is 7.66. The van der Waals surface area contributed by atoms with Crippen molar-refractivity contribution in [3.05, 3.63) is 17.8 Å². The van der Waals surface area contributed by atoms with Crippen molar-refractivity contribution >= 4 is 0 Å². The minimum absolute atomic E-state index is 0.444. The Bertz CT molecular complexity index is 377. The van der Waals surface area contributed by atoms with Gasteiger partial charge in [0, 0.05) is 24.9 Å². The summed E-state index contributed by atoms with van der Waals surface area (Å²) in [5, 5.41) is 3.23. The largest absolute Gasteiger partial charge is 0.449 e. The molecular formula is C15H27N3O. The van der Waals surface area contributed by atoms with Crippen LogP contribution in [0.5, 0.6) is 0 Å². The van der Waals surface area contributed by atoms with Gasteiger partial charge in [0.2, 0.25) is 0 Å². The molecule has 1 N–H and O–H groups in total. The molecule has 1 aliphatic rings. The van der Waals surface area contributed by atoms with Crippen LogP contribution in [0.3, 0.4) is 0 Å². The lowest BCUT2D eigenvalue weighted by Crippen LogP contribution is -2.40. The van der Waals surface area contributed by atoms with Crippen LogP contribution in [0, 0.1) is 0 Å². The Balaban J connectivity index is 1.91. The zero-order valence-electron chi connectivity index (χ0n) is 12.5. The third-order valence-electron chi connectivity index (χ3n) is 4.17. The van der Waals surface area contributed by atoms with Crippen LogP contribution in [0.2, 0.25) is 0 Å². The van der Waals surface area contributed by atoms with Gasteiger partial charge in [0.25, 0.3) is 0 Å². The first-order valence-corrected chi connectivity index (χ1v) is 7.57. The van der Waals surface area contributed by atoms with Gasteiger partial charge in [0.1, 0.15) is 6.26 Å². The van der Waals surface area contributed by atoms with Crippen LogP contribution in [-0.2, 0) is 12.8 Å². The third kappa shape index (κ3) is 4.05. The summed E-state index contributed by atoms with van der Waals surface area (Å²) in [7, 11) is 1.98. The molecule has 1 fully saturated rings. The minimum Gasteiger partial charge on any atom is -0.449 e. The summed E-state index contributed by atoms with van der Waals surface area (Å²) in [6, 6.07) is 1.06. The van der Waals surface area contributed by atoms with Crippen molar-refractivity contribution in [3.8, 4) is 0 Å². The molecule has 1 aromatic heterocycles. The quantitative estimate of drug-likeness (QED) is 0.856. The van der Waals surface area contributed by atoms with Crippen molar-refractivity contribution in [2.45, 2.75) is 58.0 Å². The van der Waals surface area contributed by atoms with Gasteiger partial charge in [-0.25, -0.2) is 4.98 Å². The van der Waals surface area contributed by atoms with Crippen molar-refractivity contribution in [2.24, 2.45) is 0 Å². The number of hydrogen-bond donors (Lipinski definition) is 1. The van der Waals surface area contributed by atoms with E-state index in [2.05, 4.69) is 29.0 Å². The van der Waals surface area contributed by atoms with Gasteiger partial charge in [-0.3, -0.25) is 0 Å². The van der Waals surface area contributed by atoms with Crippen molar-refractivity contribution in [1.29, 1.82) is 0 Å². The van der Waals surface area contributed by atoms with Gasteiger partial charge < -0.3 is 14.6 Å². The summed E-state index contributed by atoms with van der Waals surface area (Å²) < 4.78 is 5.64. The monoisotopic (exact) mass is 265 g/mol. The predicted octanol–water partition coefficient (Wildman–Crippen LogP) is 2.24. The van der Waals surface area contributed by atoms with Crippen LogP contribution >= 0.6 is 0 Å². The SMILES string of the molecule is CCN1CCCCC1Cc1nc(CC(C)NC)co1. The Morgan fingerprint density at radius 2 is 2.37 bits per heavy atom. The maximum Gasteiger partial charge on any atom is 0.195 e. The highest BCUT2D eigenvalue weighted by molar-refractivity contribution is 5.00. The zero-order chi connectivity index (χ0) is 13.7. The summed E-state index contributed by atoms with van der Waals surface area (Å²) in [5.41, 5.74) is 1.07. The van der Waals surface area contributed by atoms with E-state index in [1.807, 2.05) is 13.3 Å².